The van der Waals surface area contributed by atoms with Gasteiger partial charge in [-0.1, -0.05) is 6.58 Å². The standard InChI is InChI=1S/C2H5O4P.2ClH/c1-2-6-7(3,4)5;;/h2H,1H2,(H2,3,4,5);2*1H. The van der Waals surface area contributed by atoms with E-state index in [2.05, 4.69) is 11.1 Å². The summed E-state index contributed by atoms with van der Waals surface area (Å²) >= 11 is 0. The quantitative estimate of drug-likeness (QED) is 0.513. The Labute approximate surface area is 65.0 Å². The zero-order valence-corrected chi connectivity index (χ0v) is 6.79. The molecule has 0 fully saturated rings. The first kappa shape index (κ1) is 16.1. The van der Waals surface area contributed by atoms with Crippen molar-refractivity contribution in [3.63, 3.8) is 0 Å². The molecule has 0 radical (unpaired) electrons. The molecule has 0 bridgehead atoms. The molecular formula is C2H7Cl2O4P. The van der Waals surface area contributed by atoms with Crippen LogP contribution in [-0.2, 0) is 9.09 Å². The van der Waals surface area contributed by atoms with Crippen molar-refractivity contribution in [2.24, 2.45) is 0 Å². The molecule has 0 aromatic carbocycles. The number of hydrogen-bond donors (Lipinski definition) is 2. The highest BCUT2D eigenvalue weighted by molar-refractivity contribution is 7.46. The van der Waals surface area contributed by atoms with Crippen molar-refractivity contribution in [3.8, 4) is 0 Å². The maximum absolute atomic E-state index is 9.63. The Kier molecular flexibility index (Phi) is 11.5. The molecule has 0 amide bonds. The Balaban J connectivity index is -0.000000180. The van der Waals surface area contributed by atoms with Gasteiger partial charge in [-0.25, -0.2) is 4.57 Å². The molecule has 0 saturated carbocycles. The van der Waals surface area contributed by atoms with E-state index in [9.17, 15) is 4.57 Å². The first-order valence-corrected chi connectivity index (χ1v) is 2.94. The van der Waals surface area contributed by atoms with Gasteiger partial charge in [0.1, 0.15) is 0 Å². The molecule has 0 aliphatic heterocycles. The fourth-order valence-electron chi connectivity index (χ4n) is 0.0971. The molecule has 0 aliphatic rings. The van der Waals surface area contributed by atoms with Crippen LogP contribution in [0.4, 0.5) is 0 Å². The molecule has 0 atom stereocenters. The van der Waals surface area contributed by atoms with Crippen molar-refractivity contribution >= 4 is 32.6 Å². The fraction of sp³-hybridized carbons (Fsp3) is 0. The van der Waals surface area contributed by atoms with Crippen molar-refractivity contribution in [3.05, 3.63) is 12.8 Å². The molecule has 0 spiro atoms. The van der Waals surface area contributed by atoms with Gasteiger partial charge in [0.05, 0.1) is 6.26 Å². The van der Waals surface area contributed by atoms with Gasteiger partial charge in [0.2, 0.25) is 0 Å². The van der Waals surface area contributed by atoms with Crippen LogP contribution >= 0.6 is 32.6 Å². The molecule has 0 rings (SSSR count). The predicted octanol–water partition coefficient (Wildman–Crippen LogP) is 1.08. The van der Waals surface area contributed by atoms with Crippen molar-refractivity contribution < 1.29 is 18.9 Å². The van der Waals surface area contributed by atoms with Gasteiger partial charge in [-0.2, -0.15) is 0 Å². The lowest BCUT2D eigenvalue weighted by atomic mass is 11.2. The van der Waals surface area contributed by atoms with E-state index in [1.807, 2.05) is 0 Å². The molecule has 0 heterocycles. The van der Waals surface area contributed by atoms with Crippen molar-refractivity contribution in [1.29, 1.82) is 0 Å². The SMILES string of the molecule is C=COP(=O)(O)O.Cl.Cl. The minimum Gasteiger partial charge on any atom is -0.413 e. The highest BCUT2D eigenvalue weighted by Gasteiger charge is 2.10. The van der Waals surface area contributed by atoms with E-state index in [0.717, 1.165) is 0 Å². The first-order chi connectivity index (χ1) is 3.06. The lowest BCUT2D eigenvalue weighted by Crippen LogP contribution is -1.75. The van der Waals surface area contributed by atoms with E-state index in [0.29, 0.717) is 6.26 Å². The number of phosphoric acid groups is 1. The lowest BCUT2D eigenvalue weighted by Gasteiger charge is -1.96. The molecule has 0 aromatic rings. The number of phosphoric ester groups is 1. The minimum atomic E-state index is -4.28. The number of rotatable bonds is 2. The molecule has 0 unspecified atom stereocenters. The van der Waals surface area contributed by atoms with Gasteiger partial charge in [-0.3, -0.25) is 9.79 Å². The summed E-state index contributed by atoms with van der Waals surface area (Å²) in [4.78, 5) is 15.7. The Morgan fingerprint density at radius 3 is 1.78 bits per heavy atom. The zero-order valence-electron chi connectivity index (χ0n) is 4.26. The summed E-state index contributed by atoms with van der Waals surface area (Å²) in [5, 5.41) is 0. The van der Waals surface area contributed by atoms with Gasteiger partial charge >= 0.3 is 7.82 Å². The van der Waals surface area contributed by atoms with Gasteiger partial charge in [0, 0.05) is 0 Å². The van der Waals surface area contributed by atoms with Gasteiger partial charge in [-0.15, -0.1) is 24.8 Å². The van der Waals surface area contributed by atoms with Crippen LogP contribution in [0.15, 0.2) is 12.8 Å². The van der Waals surface area contributed by atoms with Crippen LogP contribution in [0.1, 0.15) is 0 Å². The summed E-state index contributed by atoms with van der Waals surface area (Å²) < 4.78 is 13.3. The van der Waals surface area contributed by atoms with Gasteiger partial charge in [0.25, 0.3) is 0 Å². The lowest BCUT2D eigenvalue weighted by molar-refractivity contribution is 0.259. The van der Waals surface area contributed by atoms with Crippen LogP contribution in [0.2, 0.25) is 0 Å². The van der Waals surface area contributed by atoms with E-state index in [4.69, 9.17) is 9.79 Å². The van der Waals surface area contributed by atoms with Crippen molar-refractivity contribution in [2.75, 3.05) is 0 Å². The molecule has 7 heteroatoms. The Hall–Kier alpha value is 0.270. The van der Waals surface area contributed by atoms with E-state index in [1.165, 1.54) is 0 Å². The monoisotopic (exact) mass is 196 g/mol. The summed E-state index contributed by atoms with van der Waals surface area (Å²) in [7, 11) is -4.28. The summed E-state index contributed by atoms with van der Waals surface area (Å²) in [6.07, 6.45) is 0.695. The third-order valence-electron chi connectivity index (χ3n) is 0.212. The molecule has 4 nitrogen and oxygen atoms in total. The van der Waals surface area contributed by atoms with Crippen molar-refractivity contribution in [1.82, 2.24) is 0 Å². The minimum absolute atomic E-state index is 0. The summed E-state index contributed by atoms with van der Waals surface area (Å²) in [5.74, 6) is 0. The normalized spacial score (nSPS) is 8.22. The van der Waals surface area contributed by atoms with Crippen LogP contribution in [-0.4, -0.2) is 9.79 Å². The molecule has 58 valence electrons. The molecule has 9 heavy (non-hydrogen) atoms. The average Bonchev–Trinajstić information content (AvgIpc) is 1.30. The number of halogens is 2. The van der Waals surface area contributed by atoms with Crippen LogP contribution in [0.25, 0.3) is 0 Å². The highest BCUT2D eigenvalue weighted by Crippen LogP contribution is 2.35. The van der Waals surface area contributed by atoms with E-state index in [-0.39, 0.29) is 24.8 Å². The molecular weight excluding hydrogens is 190 g/mol. The van der Waals surface area contributed by atoms with Crippen molar-refractivity contribution in [2.45, 2.75) is 0 Å². The van der Waals surface area contributed by atoms with Gasteiger partial charge < -0.3 is 4.52 Å². The smallest absolute Gasteiger partial charge is 0.413 e. The number of hydrogen-bond acceptors (Lipinski definition) is 2. The zero-order chi connectivity index (χ0) is 5.91. The highest BCUT2D eigenvalue weighted by atomic mass is 35.5. The topological polar surface area (TPSA) is 66.8 Å². The summed E-state index contributed by atoms with van der Waals surface area (Å²) in [5.41, 5.74) is 0. The maximum atomic E-state index is 9.63. The molecule has 0 aromatic heterocycles. The predicted molar refractivity (Wildman–Crippen MR) is 37.8 cm³/mol. The summed E-state index contributed by atoms with van der Waals surface area (Å²) in [6.45, 7) is 2.93. The molecule has 0 saturated heterocycles. The van der Waals surface area contributed by atoms with Crippen LogP contribution in [0, 0.1) is 0 Å². The van der Waals surface area contributed by atoms with E-state index >= 15 is 0 Å². The third kappa shape index (κ3) is 17.8. The van der Waals surface area contributed by atoms with E-state index in [1.54, 1.807) is 0 Å². The first-order valence-electron chi connectivity index (χ1n) is 1.41. The molecule has 2 N–H and O–H groups in total. The maximum Gasteiger partial charge on any atom is 0.524 e. The van der Waals surface area contributed by atoms with Gasteiger partial charge in [0.15, 0.2) is 0 Å². The second-order valence-electron chi connectivity index (χ2n) is 0.763. The Morgan fingerprint density at radius 2 is 1.78 bits per heavy atom. The van der Waals surface area contributed by atoms with E-state index < -0.39 is 7.82 Å². The fourth-order valence-corrected chi connectivity index (χ4v) is 0.291. The Bertz CT molecular complexity index is 109. The van der Waals surface area contributed by atoms with Crippen LogP contribution in [0.5, 0.6) is 0 Å². The largest absolute Gasteiger partial charge is 0.524 e. The second kappa shape index (κ2) is 6.39. The van der Waals surface area contributed by atoms with Gasteiger partial charge in [-0.05, 0) is 0 Å². The van der Waals surface area contributed by atoms with Crippen LogP contribution in [0.3, 0.4) is 0 Å². The Morgan fingerprint density at radius 1 is 1.44 bits per heavy atom. The second-order valence-corrected chi connectivity index (χ2v) is 1.95. The van der Waals surface area contributed by atoms with Crippen LogP contribution < -0.4 is 0 Å². The summed E-state index contributed by atoms with van der Waals surface area (Å²) in [6, 6.07) is 0. The molecule has 0 aliphatic carbocycles. The third-order valence-corrected chi connectivity index (χ3v) is 0.636. The average molecular weight is 197 g/mol.